The van der Waals surface area contributed by atoms with E-state index < -0.39 is 0 Å². The summed E-state index contributed by atoms with van der Waals surface area (Å²) >= 11 is 0. The van der Waals surface area contributed by atoms with Gasteiger partial charge < -0.3 is 15.7 Å². The van der Waals surface area contributed by atoms with E-state index in [4.69, 9.17) is 0 Å². The normalized spacial score (nSPS) is 11.9. The lowest BCUT2D eigenvalue weighted by Crippen LogP contribution is -2.36. The molecule has 4 nitrogen and oxygen atoms in total. The van der Waals surface area contributed by atoms with Crippen molar-refractivity contribution < 1.29 is 9.90 Å². The molecule has 0 aromatic heterocycles. The fourth-order valence-electron chi connectivity index (χ4n) is 5.07. The van der Waals surface area contributed by atoms with E-state index in [0.29, 0.717) is 5.69 Å². The largest absolute Gasteiger partial charge is 0.508 e. The molecule has 0 bridgehead atoms. The first-order chi connectivity index (χ1) is 18.1. The number of rotatable bonds is 25. The molecule has 214 valence electrons. The van der Waals surface area contributed by atoms with Crippen molar-refractivity contribution in [1.29, 1.82) is 0 Å². The molecule has 2 amide bonds. The number of anilines is 1. The maximum atomic E-state index is 12.0. The van der Waals surface area contributed by atoms with E-state index in [1.165, 1.54) is 141 Å². The van der Waals surface area contributed by atoms with E-state index in [-0.39, 0.29) is 17.8 Å². The lowest BCUT2D eigenvalue weighted by molar-refractivity contribution is 0.248. The molecule has 37 heavy (non-hydrogen) atoms. The molecule has 1 atom stereocenters. The van der Waals surface area contributed by atoms with Gasteiger partial charge in [0.2, 0.25) is 0 Å². The van der Waals surface area contributed by atoms with Crippen molar-refractivity contribution in [1.82, 2.24) is 5.32 Å². The summed E-state index contributed by atoms with van der Waals surface area (Å²) in [6, 6.07) is 6.51. The number of unbranched alkanes of at least 4 members (excludes halogenated alkanes) is 21. The third-order valence-corrected chi connectivity index (χ3v) is 7.49. The van der Waals surface area contributed by atoms with Crippen LogP contribution < -0.4 is 10.6 Å². The minimum Gasteiger partial charge on any atom is -0.508 e. The fraction of sp³-hybridized carbons (Fsp3) is 0.788. The molecule has 3 N–H and O–H groups in total. The van der Waals surface area contributed by atoms with E-state index >= 15 is 0 Å². The van der Waals surface area contributed by atoms with Crippen LogP contribution >= 0.6 is 0 Å². The number of nitrogens with one attached hydrogen (secondary N) is 2. The van der Waals surface area contributed by atoms with Crippen LogP contribution in [-0.2, 0) is 0 Å². The molecule has 0 aliphatic heterocycles. The van der Waals surface area contributed by atoms with E-state index in [0.717, 1.165) is 6.42 Å². The fourth-order valence-corrected chi connectivity index (χ4v) is 5.07. The summed E-state index contributed by atoms with van der Waals surface area (Å²) < 4.78 is 0. The smallest absolute Gasteiger partial charge is 0.319 e. The zero-order valence-corrected chi connectivity index (χ0v) is 24.5. The van der Waals surface area contributed by atoms with Crippen LogP contribution in [0.2, 0.25) is 0 Å². The Balaban J connectivity index is 1.76. The van der Waals surface area contributed by atoms with E-state index in [2.05, 4.69) is 24.5 Å². The summed E-state index contributed by atoms with van der Waals surface area (Å²) in [5.74, 6) is 0.198. The number of carbonyl (C=O) groups is 1. The maximum absolute atomic E-state index is 12.0. The Morgan fingerprint density at radius 2 is 0.973 bits per heavy atom. The summed E-state index contributed by atoms with van der Waals surface area (Å²) in [6.07, 6.45) is 31.9. The average Bonchev–Trinajstić information content (AvgIpc) is 2.88. The van der Waals surface area contributed by atoms with Crippen molar-refractivity contribution in [3.8, 4) is 5.75 Å². The summed E-state index contributed by atoms with van der Waals surface area (Å²) in [7, 11) is 0. The number of phenolic OH excluding ortho intramolecular Hbond substituents is 1. The van der Waals surface area contributed by atoms with Crippen molar-refractivity contribution in [3.05, 3.63) is 24.3 Å². The first-order valence-electron chi connectivity index (χ1n) is 16.0. The number of aromatic hydroxyl groups is 1. The Morgan fingerprint density at radius 3 is 1.35 bits per heavy atom. The zero-order valence-electron chi connectivity index (χ0n) is 24.5. The van der Waals surface area contributed by atoms with Gasteiger partial charge in [-0.05, 0) is 37.6 Å². The number of carbonyl (C=O) groups excluding carboxylic acids is 1. The molecule has 0 saturated heterocycles. The number of hydrogen-bond donors (Lipinski definition) is 3. The minimum absolute atomic E-state index is 0.169. The number of hydrogen-bond acceptors (Lipinski definition) is 2. The SMILES string of the molecule is CCCCCCCCCCCCCCCCCCCCCCCCC(C)NC(=O)Nc1ccc(O)cc1. The molecule has 0 fully saturated rings. The molecule has 0 aliphatic rings. The summed E-state index contributed by atoms with van der Waals surface area (Å²) in [5.41, 5.74) is 0.687. The number of urea groups is 1. The first kappa shape index (κ1) is 33.3. The van der Waals surface area contributed by atoms with Gasteiger partial charge in [0.15, 0.2) is 0 Å². The standard InChI is InChI=1S/C33H60N2O2/c1-3-4-5-6-7-8-9-10-11-12-13-14-15-16-17-18-19-20-21-22-23-24-25-30(2)34-33(37)35-31-26-28-32(36)29-27-31/h26-30,36H,3-25H2,1-2H3,(H2,34,35,37). The van der Waals surface area contributed by atoms with Crippen molar-refractivity contribution in [2.75, 3.05) is 5.32 Å². The van der Waals surface area contributed by atoms with Gasteiger partial charge in [-0.1, -0.05) is 148 Å². The zero-order chi connectivity index (χ0) is 26.8. The van der Waals surface area contributed by atoms with E-state index in [1.807, 2.05) is 0 Å². The molecule has 0 heterocycles. The quantitative estimate of drug-likeness (QED) is 0.0893. The van der Waals surface area contributed by atoms with E-state index in [9.17, 15) is 9.90 Å². The van der Waals surface area contributed by atoms with Gasteiger partial charge in [0.05, 0.1) is 0 Å². The second-order valence-corrected chi connectivity index (χ2v) is 11.3. The van der Waals surface area contributed by atoms with Crippen LogP contribution in [0.3, 0.4) is 0 Å². The molecule has 0 aliphatic carbocycles. The van der Waals surface area contributed by atoms with Gasteiger partial charge in [-0.3, -0.25) is 0 Å². The topological polar surface area (TPSA) is 61.4 Å². The van der Waals surface area contributed by atoms with Gasteiger partial charge >= 0.3 is 6.03 Å². The second-order valence-electron chi connectivity index (χ2n) is 11.3. The molecule has 1 rings (SSSR count). The lowest BCUT2D eigenvalue weighted by atomic mass is 10.0. The van der Waals surface area contributed by atoms with Crippen LogP contribution in [0.1, 0.15) is 162 Å². The maximum Gasteiger partial charge on any atom is 0.319 e. The molecule has 1 aromatic carbocycles. The van der Waals surface area contributed by atoms with Gasteiger partial charge in [0.1, 0.15) is 5.75 Å². The van der Waals surface area contributed by atoms with Gasteiger partial charge in [-0.2, -0.15) is 0 Å². The molecule has 1 unspecified atom stereocenters. The number of amides is 2. The van der Waals surface area contributed by atoms with Crippen molar-refractivity contribution in [2.45, 2.75) is 168 Å². The van der Waals surface area contributed by atoms with Crippen LogP contribution in [0, 0.1) is 0 Å². The molecular formula is C33H60N2O2. The average molecular weight is 517 g/mol. The highest BCUT2D eigenvalue weighted by molar-refractivity contribution is 5.89. The second kappa shape index (κ2) is 24.6. The van der Waals surface area contributed by atoms with Crippen LogP contribution in [0.5, 0.6) is 5.75 Å². The highest BCUT2D eigenvalue weighted by atomic mass is 16.3. The van der Waals surface area contributed by atoms with Crippen LogP contribution in [0.4, 0.5) is 10.5 Å². The monoisotopic (exact) mass is 516 g/mol. The molecule has 0 saturated carbocycles. The first-order valence-corrected chi connectivity index (χ1v) is 16.0. The van der Waals surface area contributed by atoms with Crippen molar-refractivity contribution in [2.24, 2.45) is 0 Å². The van der Waals surface area contributed by atoms with Crippen molar-refractivity contribution >= 4 is 11.7 Å². The Labute approximate surface area is 229 Å². The van der Waals surface area contributed by atoms with E-state index in [1.54, 1.807) is 24.3 Å². The highest BCUT2D eigenvalue weighted by Crippen LogP contribution is 2.16. The number of phenols is 1. The summed E-state index contributed by atoms with van der Waals surface area (Å²) in [4.78, 5) is 12.0. The Bertz CT molecular complexity index is 632. The third-order valence-electron chi connectivity index (χ3n) is 7.49. The highest BCUT2D eigenvalue weighted by Gasteiger charge is 2.07. The minimum atomic E-state index is -0.183. The van der Waals surface area contributed by atoms with Gasteiger partial charge in [-0.15, -0.1) is 0 Å². The summed E-state index contributed by atoms with van der Waals surface area (Å²) in [5, 5.41) is 15.1. The van der Waals surface area contributed by atoms with Gasteiger partial charge in [0, 0.05) is 11.7 Å². The predicted octanol–water partition coefficient (Wildman–Crippen LogP) is 10.9. The Kier molecular flexibility index (Phi) is 22.2. The molecule has 0 spiro atoms. The van der Waals surface area contributed by atoms with Crippen LogP contribution in [-0.4, -0.2) is 17.2 Å². The Morgan fingerprint density at radius 1 is 0.622 bits per heavy atom. The molecule has 1 aromatic rings. The molecule has 4 heteroatoms. The van der Waals surface area contributed by atoms with Gasteiger partial charge in [0.25, 0.3) is 0 Å². The van der Waals surface area contributed by atoms with Gasteiger partial charge in [-0.25, -0.2) is 4.79 Å². The molecular weight excluding hydrogens is 456 g/mol. The van der Waals surface area contributed by atoms with Crippen LogP contribution in [0.15, 0.2) is 24.3 Å². The Hall–Kier alpha value is -1.71. The van der Waals surface area contributed by atoms with Crippen LogP contribution in [0.25, 0.3) is 0 Å². The molecule has 0 radical (unpaired) electrons. The number of benzene rings is 1. The van der Waals surface area contributed by atoms with Crippen molar-refractivity contribution in [3.63, 3.8) is 0 Å². The lowest BCUT2D eigenvalue weighted by Gasteiger charge is -2.14. The third kappa shape index (κ3) is 22.0. The summed E-state index contributed by atoms with van der Waals surface area (Å²) in [6.45, 7) is 4.36. The predicted molar refractivity (Wildman–Crippen MR) is 162 cm³/mol.